The maximum Gasteiger partial charge on any atom is 0.121 e. The lowest BCUT2D eigenvalue weighted by Crippen LogP contribution is -2.57. The molecule has 4 heterocycles. The monoisotopic (exact) mass is 511 g/mol. The third kappa shape index (κ3) is 2.83. The summed E-state index contributed by atoms with van der Waals surface area (Å²) in [5.41, 5.74) is 6.84. The minimum atomic E-state index is -1.37. The first-order valence-electron chi connectivity index (χ1n) is 14.3. The second kappa shape index (κ2) is 7.64. The maximum atomic E-state index is 12.5. The number of likely N-dealkylation sites (tertiary alicyclic amines) is 1. The van der Waals surface area contributed by atoms with Crippen molar-refractivity contribution in [2.75, 3.05) is 13.1 Å². The van der Waals surface area contributed by atoms with Gasteiger partial charge in [0.05, 0.1) is 17.3 Å². The quantitative estimate of drug-likeness (QED) is 0.569. The van der Waals surface area contributed by atoms with Crippen molar-refractivity contribution in [2.45, 2.75) is 80.4 Å². The van der Waals surface area contributed by atoms with Crippen LogP contribution in [0.2, 0.25) is 0 Å². The largest absolute Gasteiger partial charge is 0.390 e. The molecule has 0 radical (unpaired) electrons. The lowest BCUT2D eigenvalue weighted by atomic mass is 9.56. The number of hydrogen-bond acceptors (Lipinski definition) is 6. The highest BCUT2D eigenvalue weighted by Gasteiger charge is 2.72. The lowest BCUT2D eigenvalue weighted by molar-refractivity contribution is -0.172. The molecule has 2 saturated heterocycles. The molecule has 0 amide bonds. The number of aliphatic hydroxyl groups excluding tert-OH is 1. The van der Waals surface area contributed by atoms with Crippen LogP contribution in [0.25, 0.3) is 10.8 Å². The second-order valence-corrected chi connectivity index (χ2v) is 13.0. The molecule has 2 aromatic rings. The Hall–Kier alpha value is -2.35. The fraction of sp³-hybridized carbons (Fsp3) is 0.531. The number of benzene rings is 1. The SMILES string of the molecule is C[C@]12CC=C3C=C4C=C[C@@H](N5CC[C@@H](N)C5)C[C@]45CCC3(O5)[C@@H]1C[C@@H](O)[C@]2(O)c1ccc2ccncc2c1. The standard InChI is InChI=1S/C32H37N3O3/c1-29-9-6-23-15-22-4-5-26(35-13-8-25(33)19-35)17-30(22)10-11-31(23,38-30)27(29)16-28(36)32(29,37)24-3-2-20-7-12-34-18-21(20)14-24/h2-7,12,14-15,18,25-28,36-37H,8-11,13,16-17,19,33H2,1H3/t25-,26-,27-,28-,29+,30-,31?,32-/m1/s1. The smallest absolute Gasteiger partial charge is 0.121 e. The van der Waals surface area contributed by atoms with E-state index in [1.807, 2.05) is 30.5 Å². The number of nitrogens with zero attached hydrogens (tertiary/aromatic N) is 2. The predicted octanol–water partition coefficient (Wildman–Crippen LogP) is 3.73. The van der Waals surface area contributed by atoms with Crippen molar-refractivity contribution >= 4 is 10.8 Å². The number of hydrogen-bond donors (Lipinski definition) is 3. The maximum absolute atomic E-state index is 12.5. The van der Waals surface area contributed by atoms with Crippen molar-refractivity contribution in [3.63, 3.8) is 0 Å². The average Bonchev–Trinajstić information content (AvgIpc) is 3.56. The number of nitrogens with two attached hydrogens (primary N) is 1. The predicted molar refractivity (Wildman–Crippen MR) is 146 cm³/mol. The summed E-state index contributed by atoms with van der Waals surface area (Å²) in [5, 5.41) is 26.2. The van der Waals surface area contributed by atoms with Crippen molar-refractivity contribution in [1.82, 2.24) is 9.88 Å². The fourth-order valence-corrected chi connectivity index (χ4v) is 9.26. The van der Waals surface area contributed by atoms with Crippen molar-refractivity contribution in [3.05, 3.63) is 77.7 Å². The summed E-state index contributed by atoms with van der Waals surface area (Å²) in [6, 6.07) is 8.62. The molecule has 1 unspecified atom stereocenters. The molecule has 1 saturated carbocycles. The summed E-state index contributed by atoms with van der Waals surface area (Å²) in [6.45, 7) is 4.16. The Balaban J connectivity index is 1.19. The van der Waals surface area contributed by atoms with Crippen LogP contribution in [0.3, 0.4) is 0 Å². The van der Waals surface area contributed by atoms with E-state index >= 15 is 0 Å². The lowest BCUT2D eigenvalue weighted by Gasteiger charge is -2.55. The van der Waals surface area contributed by atoms with Crippen LogP contribution in [0.4, 0.5) is 0 Å². The van der Waals surface area contributed by atoms with Gasteiger partial charge in [-0.2, -0.15) is 0 Å². The molecule has 3 aliphatic heterocycles. The van der Waals surface area contributed by atoms with Crippen LogP contribution in [0.5, 0.6) is 0 Å². The van der Waals surface area contributed by atoms with Crippen LogP contribution < -0.4 is 5.73 Å². The number of ether oxygens (including phenoxy) is 1. The Morgan fingerprint density at radius 2 is 2.05 bits per heavy atom. The van der Waals surface area contributed by atoms with Crippen molar-refractivity contribution in [2.24, 2.45) is 17.1 Å². The Bertz CT molecular complexity index is 1430. The van der Waals surface area contributed by atoms with E-state index in [1.165, 1.54) is 11.1 Å². The summed E-state index contributed by atoms with van der Waals surface area (Å²) >= 11 is 0. The molecule has 4 N–H and O–H groups in total. The Kier molecular flexibility index (Phi) is 4.73. The molecule has 6 aliphatic rings. The zero-order valence-corrected chi connectivity index (χ0v) is 22.0. The highest BCUT2D eigenvalue weighted by molar-refractivity contribution is 5.82. The highest BCUT2D eigenvalue weighted by atomic mass is 16.5. The molecule has 1 aromatic heterocycles. The molecule has 2 spiro atoms. The van der Waals surface area contributed by atoms with Gasteiger partial charge in [-0.15, -0.1) is 0 Å². The van der Waals surface area contributed by atoms with Gasteiger partial charge in [0.15, 0.2) is 0 Å². The fourth-order valence-electron chi connectivity index (χ4n) is 9.26. The van der Waals surface area contributed by atoms with E-state index in [0.29, 0.717) is 18.9 Å². The van der Waals surface area contributed by atoms with Gasteiger partial charge in [0, 0.05) is 54.3 Å². The molecule has 8 atom stereocenters. The normalized spacial score (nSPS) is 45.5. The second-order valence-electron chi connectivity index (χ2n) is 13.0. The third-order valence-electron chi connectivity index (χ3n) is 11.3. The summed E-state index contributed by atoms with van der Waals surface area (Å²) in [4.78, 5) is 6.80. The van der Waals surface area contributed by atoms with E-state index in [2.05, 4.69) is 41.1 Å². The van der Waals surface area contributed by atoms with E-state index in [4.69, 9.17) is 10.5 Å². The number of rotatable bonds is 2. The number of fused-ring (bicyclic) bond motifs is 2. The number of pyridine rings is 1. The first-order chi connectivity index (χ1) is 18.3. The number of allylic oxidation sites excluding steroid dienone is 1. The van der Waals surface area contributed by atoms with Gasteiger partial charge < -0.3 is 20.7 Å². The minimum absolute atomic E-state index is 0.0151. The van der Waals surface area contributed by atoms with Crippen LogP contribution in [-0.2, 0) is 10.3 Å². The number of aliphatic hydroxyl groups is 2. The van der Waals surface area contributed by atoms with E-state index in [9.17, 15) is 10.2 Å². The van der Waals surface area contributed by atoms with E-state index in [1.54, 1.807) is 6.20 Å². The molecule has 6 nitrogen and oxygen atoms in total. The molecule has 198 valence electrons. The molecular formula is C32H37N3O3. The zero-order chi connectivity index (χ0) is 25.9. The van der Waals surface area contributed by atoms with Gasteiger partial charge in [-0.25, -0.2) is 0 Å². The molecular weight excluding hydrogens is 474 g/mol. The Labute approximate surface area is 223 Å². The van der Waals surface area contributed by atoms with Crippen LogP contribution in [-0.4, -0.2) is 62.6 Å². The molecule has 3 aliphatic carbocycles. The zero-order valence-electron chi connectivity index (χ0n) is 22.0. The first kappa shape index (κ1) is 23.5. The summed E-state index contributed by atoms with van der Waals surface area (Å²) in [7, 11) is 0. The van der Waals surface area contributed by atoms with Crippen LogP contribution in [0.1, 0.15) is 51.0 Å². The third-order valence-corrected chi connectivity index (χ3v) is 11.3. The molecule has 6 heteroatoms. The van der Waals surface area contributed by atoms with Crippen molar-refractivity contribution < 1.29 is 14.9 Å². The molecule has 2 bridgehead atoms. The van der Waals surface area contributed by atoms with Crippen molar-refractivity contribution in [3.8, 4) is 0 Å². The molecule has 8 rings (SSSR count). The summed E-state index contributed by atoms with van der Waals surface area (Å²) in [6.07, 6.45) is 17.2. The highest BCUT2D eigenvalue weighted by Crippen LogP contribution is 2.70. The number of aromatic nitrogens is 1. The van der Waals surface area contributed by atoms with Gasteiger partial charge in [0.2, 0.25) is 0 Å². The Morgan fingerprint density at radius 3 is 2.89 bits per heavy atom. The van der Waals surface area contributed by atoms with Gasteiger partial charge >= 0.3 is 0 Å². The van der Waals surface area contributed by atoms with E-state index < -0.39 is 22.7 Å². The van der Waals surface area contributed by atoms with Gasteiger partial charge in [-0.3, -0.25) is 9.88 Å². The summed E-state index contributed by atoms with van der Waals surface area (Å²) < 4.78 is 7.35. The van der Waals surface area contributed by atoms with Crippen molar-refractivity contribution in [1.29, 1.82) is 0 Å². The van der Waals surface area contributed by atoms with Gasteiger partial charge in [-0.1, -0.05) is 43.4 Å². The Morgan fingerprint density at radius 1 is 1.16 bits per heavy atom. The van der Waals surface area contributed by atoms with Gasteiger partial charge in [0.25, 0.3) is 0 Å². The first-order valence-corrected chi connectivity index (χ1v) is 14.3. The van der Waals surface area contributed by atoms with Crippen LogP contribution in [0.15, 0.2) is 72.1 Å². The van der Waals surface area contributed by atoms with Crippen LogP contribution in [0, 0.1) is 11.3 Å². The molecule has 38 heavy (non-hydrogen) atoms. The summed E-state index contributed by atoms with van der Waals surface area (Å²) in [5.74, 6) is 0.0151. The van der Waals surface area contributed by atoms with E-state index in [-0.39, 0.29) is 17.6 Å². The van der Waals surface area contributed by atoms with Gasteiger partial charge in [-0.05, 0) is 72.8 Å². The topological polar surface area (TPSA) is 91.8 Å². The van der Waals surface area contributed by atoms with Crippen LogP contribution >= 0.6 is 0 Å². The van der Waals surface area contributed by atoms with E-state index in [0.717, 1.165) is 55.1 Å². The molecule has 3 fully saturated rings. The average molecular weight is 512 g/mol. The molecule has 1 aromatic carbocycles. The minimum Gasteiger partial charge on any atom is -0.390 e. The van der Waals surface area contributed by atoms with Gasteiger partial charge in [0.1, 0.15) is 5.60 Å².